The van der Waals surface area contributed by atoms with E-state index in [2.05, 4.69) is 4.98 Å². The lowest BCUT2D eigenvalue weighted by molar-refractivity contribution is -0.137. The lowest BCUT2D eigenvalue weighted by Crippen LogP contribution is -2.44. The second-order valence-electron chi connectivity index (χ2n) is 7.38. The van der Waals surface area contributed by atoms with Gasteiger partial charge in [0.2, 0.25) is 0 Å². The first kappa shape index (κ1) is 20.6. The average Bonchev–Trinajstić information content (AvgIpc) is 2.92. The van der Waals surface area contributed by atoms with Crippen LogP contribution in [0.25, 0.3) is 0 Å². The molecule has 0 unspecified atom stereocenters. The second kappa shape index (κ2) is 7.50. The van der Waals surface area contributed by atoms with Gasteiger partial charge in [-0.1, -0.05) is 11.6 Å². The Hall–Kier alpha value is -1.70. The number of ether oxygens (including phenoxy) is 1. The topological polar surface area (TPSA) is 45.7 Å². The number of alkyl halides is 3. The zero-order valence-corrected chi connectivity index (χ0v) is 16.0. The highest BCUT2D eigenvalue weighted by molar-refractivity contribution is 6.33. The van der Waals surface area contributed by atoms with Crippen LogP contribution in [0.3, 0.4) is 0 Å². The van der Waals surface area contributed by atoms with Gasteiger partial charge in [0.25, 0.3) is 0 Å². The molecule has 0 saturated carbocycles. The fourth-order valence-corrected chi connectivity index (χ4v) is 3.17. The summed E-state index contributed by atoms with van der Waals surface area (Å²) in [6, 6.07) is 0.746. The van der Waals surface area contributed by atoms with Gasteiger partial charge in [-0.2, -0.15) is 13.2 Å². The number of nitrogens with zero attached hydrogens (tertiary/aromatic N) is 3. The zero-order chi connectivity index (χ0) is 19.7. The molecule has 1 amide bonds. The lowest BCUT2D eigenvalue weighted by Gasteiger charge is -2.31. The van der Waals surface area contributed by atoms with Gasteiger partial charge in [-0.3, -0.25) is 0 Å². The van der Waals surface area contributed by atoms with Crippen molar-refractivity contribution in [2.75, 3.05) is 25.0 Å². The summed E-state index contributed by atoms with van der Waals surface area (Å²) in [5.74, 6) is 0.246. The summed E-state index contributed by atoms with van der Waals surface area (Å²) in [6.07, 6.45) is -2.50. The first-order chi connectivity index (χ1) is 11.9. The third-order valence-electron chi connectivity index (χ3n) is 4.00. The number of carbonyl (C=O) groups excluding carboxylic acids is 1. The molecule has 0 N–H and O–H groups in total. The summed E-state index contributed by atoms with van der Waals surface area (Å²) < 4.78 is 43.6. The van der Waals surface area contributed by atoms with Gasteiger partial charge in [-0.15, -0.1) is 0 Å². The van der Waals surface area contributed by atoms with Gasteiger partial charge in [0.15, 0.2) is 0 Å². The smallest absolute Gasteiger partial charge is 0.417 e. The van der Waals surface area contributed by atoms with E-state index >= 15 is 0 Å². The molecule has 0 spiro atoms. The molecule has 9 heteroatoms. The van der Waals surface area contributed by atoms with Crippen LogP contribution in [0.1, 0.15) is 39.2 Å². The van der Waals surface area contributed by atoms with E-state index in [0.29, 0.717) is 13.1 Å². The van der Waals surface area contributed by atoms with E-state index in [-0.39, 0.29) is 23.0 Å². The first-order valence-corrected chi connectivity index (χ1v) is 8.70. The van der Waals surface area contributed by atoms with Crippen LogP contribution in [0.2, 0.25) is 5.02 Å². The van der Waals surface area contributed by atoms with Crippen molar-refractivity contribution in [1.29, 1.82) is 0 Å². The van der Waals surface area contributed by atoms with Crippen molar-refractivity contribution in [3.63, 3.8) is 0 Å². The second-order valence-corrected chi connectivity index (χ2v) is 7.78. The number of carbonyl (C=O) groups is 1. The number of hydrogen-bond donors (Lipinski definition) is 0. The third-order valence-corrected chi connectivity index (χ3v) is 4.28. The quantitative estimate of drug-likeness (QED) is 0.753. The van der Waals surface area contributed by atoms with Crippen molar-refractivity contribution in [1.82, 2.24) is 9.88 Å². The highest BCUT2D eigenvalue weighted by Gasteiger charge is 2.34. The van der Waals surface area contributed by atoms with Gasteiger partial charge in [0.1, 0.15) is 11.4 Å². The van der Waals surface area contributed by atoms with Crippen molar-refractivity contribution in [3.8, 4) is 0 Å². The zero-order valence-electron chi connectivity index (χ0n) is 15.2. The number of halogens is 4. The molecule has 2 heterocycles. The number of amides is 1. The molecule has 1 aliphatic heterocycles. The molecule has 0 bridgehead atoms. The van der Waals surface area contributed by atoms with Crippen LogP contribution in [0.5, 0.6) is 0 Å². The molecule has 1 saturated heterocycles. The molecule has 1 aromatic heterocycles. The predicted molar refractivity (Wildman–Crippen MR) is 93.5 cm³/mol. The van der Waals surface area contributed by atoms with E-state index in [0.717, 1.165) is 25.1 Å². The fourth-order valence-electron chi connectivity index (χ4n) is 2.86. The molecule has 2 rings (SSSR count). The van der Waals surface area contributed by atoms with E-state index < -0.39 is 17.3 Å². The lowest BCUT2D eigenvalue weighted by atomic mass is 10.2. The molecule has 0 radical (unpaired) electrons. The molecule has 5 nitrogen and oxygen atoms in total. The van der Waals surface area contributed by atoms with Crippen LogP contribution in [-0.4, -0.2) is 47.8 Å². The standard InChI is InChI=1S/C17H23ClF3N3O2/c1-16(2,3)26-15(25)24-7-5-6-12(24)10-23(4)14-13(18)8-11(9-22-14)17(19,20)21/h8-9,12H,5-7,10H2,1-4H3/t12-/m0/s1. The normalized spacial score (nSPS) is 18.2. The summed E-state index contributed by atoms with van der Waals surface area (Å²) in [7, 11) is 1.69. The third kappa shape index (κ3) is 5.16. The Kier molecular flexibility index (Phi) is 5.95. The Balaban J connectivity index is 2.09. The average molecular weight is 394 g/mol. The molecule has 0 aromatic carbocycles. The van der Waals surface area contributed by atoms with Crippen LogP contribution in [-0.2, 0) is 10.9 Å². The van der Waals surface area contributed by atoms with Gasteiger partial charge in [0.05, 0.1) is 16.6 Å². The Morgan fingerprint density at radius 2 is 2.08 bits per heavy atom. The monoisotopic (exact) mass is 393 g/mol. The van der Waals surface area contributed by atoms with Crippen LogP contribution in [0.4, 0.5) is 23.8 Å². The number of likely N-dealkylation sites (tertiary alicyclic amines) is 1. The van der Waals surface area contributed by atoms with Gasteiger partial charge in [-0.25, -0.2) is 9.78 Å². The van der Waals surface area contributed by atoms with Crippen molar-refractivity contribution < 1.29 is 22.7 Å². The number of anilines is 1. The van der Waals surface area contributed by atoms with E-state index in [9.17, 15) is 18.0 Å². The maximum absolute atomic E-state index is 12.7. The van der Waals surface area contributed by atoms with Crippen molar-refractivity contribution >= 4 is 23.5 Å². The number of rotatable bonds is 3. The Morgan fingerprint density at radius 3 is 2.62 bits per heavy atom. The summed E-state index contributed by atoms with van der Waals surface area (Å²) in [4.78, 5) is 19.5. The van der Waals surface area contributed by atoms with Crippen molar-refractivity contribution in [2.45, 2.75) is 51.4 Å². The molecule has 1 aromatic rings. The van der Waals surface area contributed by atoms with E-state index in [4.69, 9.17) is 16.3 Å². The summed E-state index contributed by atoms with van der Waals surface area (Å²) in [6.45, 7) is 6.38. The number of aromatic nitrogens is 1. The SMILES string of the molecule is CN(C[C@@H]1CCCN1C(=O)OC(C)(C)C)c1ncc(C(F)(F)F)cc1Cl. The molecule has 1 aliphatic rings. The van der Waals surface area contributed by atoms with Crippen LogP contribution in [0, 0.1) is 0 Å². The van der Waals surface area contributed by atoms with E-state index in [1.54, 1.807) is 37.6 Å². The van der Waals surface area contributed by atoms with Crippen molar-refractivity contribution in [2.24, 2.45) is 0 Å². The van der Waals surface area contributed by atoms with Crippen LogP contribution < -0.4 is 4.90 Å². The summed E-state index contributed by atoms with van der Waals surface area (Å²) in [5, 5.41) is -0.0795. The van der Waals surface area contributed by atoms with Crippen molar-refractivity contribution in [3.05, 3.63) is 22.8 Å². The number of likely N-dealkylation sites (N-methyl/N-ethyl adjacent to an activating group) is 1. The van der Waals surface area contributed by atoms with Gasteiger partial charge in [-0.05, 0) is 39.7 Å². The summed E-state index contributed by atoms with van der Waals surface area (Å²) in [5.41, 5.74) is -1.48. The van der Waals surface area contributed by atoms with Gasteiger partial charge in [0, 0.05) is 26.3 Å². The Bertz CT molecular complexity index is 662. The predicted octanol–water partition coefficient (Wildman–Crippen LogP) is 4.59. The largest absolute Gasteiger partial charge is 0.444 e. The minimum Gasteiger partial charge on any atom is -0.444 e. The van der Waals surface area contributed by atoms with Crippen LogP contribution in [0.15, 0.2) is 12.3 Å². The minimum atomic E-state index is -4.49. The number of pyridine rings is 1. The molecular formula is C17H23ClF3N3O2. The molecule has 0 aliphatic carbocycles. The summed E-state index contributed by atoms with van der Waals surface area (Å²) >= 11 is 5.99. The Labute approximate surface area is 156 Å². The Morgan fingerprint density at radius 1 is 1.42 bits per heavy atom. The van der Waals surface area contributed by atoms with E-state index in [1.165, 1.54) is 0 Å². The molecule has 1 atom stereocenters. The van der Waals surface area contributed by atoms with Gasteiger partial charge < -0.3 is 14.5 Å². The van der Waals surface area contributed by atoms with Gasteiger partial charge >= 0.3 is 12.3 Å². The maximum Gasteiger partial charge on any atom is 0.417 e. The highest BCUT2D eigenvalue weighted by Crippen LogP contribution is 2.33. The molecule has 146 valence electrons. The van der Waals surface area contributed by atoms with Crippen LogP contribution >= 0.6 is 11.6 Å². The molecule has 26 heavy (non-hydrogen) atoms. The fraction of sp³-hybridized carbons (Fsp3) is 0.647. The molecular weight excluding hydrogens is 371 g/mol. The maximum atomic E-state index is 12.7. The first-order valence-electron chi connectivity index (χ1n) is 8.32. The van der Waals surface area contributed by atoms with E-state index in [1.807, 2.05) is 0 Å². The number of hydrogen-bond acceptors (Lipinski definition) is 4. The highest BCUT2D eigenvalue weighted by atomic mass is 35.5. The molecule has 1 fully saturated rings. The minimum absolute atomic E-state index is 0.0795.